The fraction of sp³-hybridized carbons (Fsp3) is 0.600. The Bertz CT molecular complexity index is 471. The molecule has 1 nitrogen and oxygen atoms in total. The van der Waals surface area contributed by atoms with Gasteiger partial charge in [-0.25, -0.2) is 0 Å². The second-order valence-corrected chi connectivity index (χ2v) is 6.66. The maximum Gasteiger partial charge on any atom is 0.468 e. The second-order valence-electron chi connectivity index (χ2n) is 5.67. The van der Waals surface area contributed by atoms with Crippen molar-refractivity contribution in [2.75, 3.05) is 0 Å². The third-order valence-electron chi connectivity index (χ3n) is 3.22. The van der Waals surface area contributed by atoms with Gasteiger partial charge in [0.2, 0.25) is 5.57 Å². The van der Waals surface area contributed by atoms with Gasteiger partial charge in [-0.3, -0.25) is 4.67 Å². The standard InChI is InChI=1S/C15H19F6NP/c1-9(2)22(10(3)4)23-8-11-12(14(16,17)18)6-5-7-13(11)15(19,20)21/h6-7,9-10,23H,5H2,1-4H3/q+1. The first kappa shape index (κ1) is 20.1. The lowest BCUT2D eigenvalue weighted by atomic mass is 9.92. The third-order valence-corrected chi connectivity index (χ3v) is 4.87. The van der Waals surface area contributed by atoms with Crippen molar-refractivity contribution in [3.63, 3.8) is 0 Å². The minimum Gasteiger partial charge on any atom is -0.258 e. The molecule has 0 amide bonds. The third kappa shape index (κ3) is 5.30. The number of rotatable bonds is 4. The molecule has 23 heavy (non-hydrogen) atoms. The number of nitrogens with zero attached hydrogens (tertiary/aromatic N) is 1. The van der Waals surface area contributed by atoms with Crippen molar-refractivity contribution in [3.05, 3.63) is 34.7 Å². The lowest BCUT2D eigenvalue weighted by Crippen LogP contribution is -2.29. The molecule has 0 N–H and O–H groups in total. The van der Waals surface area contributed by atoms with Crippen LogP contribution in [0.2, 0.25) is 0 Å². The molecule has 0 fully saturated rings. The van der Waals surface area contributed by atoms with Gasteiger partial charge in [-0.15, -0.1) is 0 Å². The predicted molar refractivity (Wildman–Crippen MR) is 80.1 cm³/mol. The molecule has 0 aromatic rings. The molecule has 8 heteroatoms. The summed E-state index contributed by atoms with van der Waals surface area (Å²) in [7, 11) is -0.390. The van der Waals surface area contributed by atoms with Gasteiger partial charge in [0.25, 0.3) is 0 Å². The minimum absolute atomic E-state index is 0.0124. The van der Waals surface area contributed by atoms with E-state index in [0.717, 1.165) is 12.2 Å². The van der Waals surface area contributed by atoms with Gasteiger partial charge >= 0.3 is 12.4 Å². The van der Waals surface area contributed by atoms with E-state index in [1.54, 1.807) is 4.67 Å². The second kappa shape index (κ2) is 7.33. The molecule has 0 aromatic carbocycles. The van der Waals surface area contributed by atoms with Crippen LogP contribution in [-0.4, -0.2) is 29.1 Å². The number of allylic oxidation sites excluding steroid dienone is 5. The average Bonchev–Trinajstić information content (AvgIpc) is 2.35. The van der Waals surface area contributed by atoms with Crippen molar-refractivity contribution in [3.8, 4) is 0 Å². The number of hydrogen-bond acceptors (Lipinski definition) is 1. The van der Waals surface area contributed by atoms with Crippen LogP contribution in [0.3, 0.4) is 0 Å². The summed E-state index contributed by atoms with van der Waals surface area (Å²) >= 11 is 0. The van der Waals surface area contributed by atoms with Crippen molar-refractivity contribution in [2.45, 2.75) is 58.6 Å². The van der Waals surface area contributed by atoms with E-state index in [2.05, 4.69) is 5.82 Å². The first-order valence-electron chi connectivity index (χ1n) is 7.08. The maximum atomic E-state index is 13.1. The van der Waals surface area contributed by atoms with Gasteiger partial charge in [0.15, 0.2) is 11.1 Å². The van der Waals surface area contributed by atoms with Crippen LogP contribution in [0.15, 0.2) is 28.9 Å². The molecule has 0 bridgehead atoms. The van der Waals surface area contributed by atoms with Crippen molar-refractivity contribution in [2.24, 2.45) is 0 Å². The van der Waals surface area contributed by atoms with Crippen LogP contribution < -0.4 is 0 Å². The van der Waals surface area contributed by atoms with E-state index in [0.29, 0.717) is 0 Å². The van der Waals surface area contributed by atoms with Gasteiger partial charge < -0.3 is 0 Å². The molecule has 0 heterocycles. The van der Waals surface area contributed by atoms with Crippen LogP contribution in [-0.2, 0) is 0 Å². The van der Waals surface area contributed by atoms with E-state index in [4.69, 9.17) is 0 Å². The number of halogens is 6. The molecule has 1 aliphatic rings. The maximum absolute atomic E-state index is 13.1. The highest BCUT2D eigenvalue weighted by Crippen LogP contribution is 2.45. The summed E-state index contributed by atoms with van der Waals surface area (Å²) in [4.78, 5) is 0. The van der Waals surface area contributed by atoms with Crippen LogP contribution in [0.1, 0.15) is 34.1 Å². The van der Waals surface area contributed by atoms with Crippen molar-refractivity contribution in [1.29, 1.82) is 0 Å². The molecule has 1 rings (SSSR count). The van der Waals surface area contributed by atoms with Crippen LogP contribution in [0, 0.1) is 5.82 Å². The molecule has 1 aliphatic carbocycles. The van der Waals surface area contributed by atoms with Gasteiger partial charge in [-0.05, 0) is 39.8 Å². The van der Waals surface area contributed by atoms with Crippen LogP contribution >= 0.6 is 8.73 Å². The number of alkyl halides is 6. The summed E-state index contributed by atoms with van der Waals surface area (Å²) in [5, 5.41) is 0. The van der Waals surface area contributed by atoms with Gasteiger partial charge in [0, 0.05) is 18.5 Å². The van der Waals surface area contributed by atoms with Crippen molar-refractivity contribution < 1.29 is 26.3 Å². The zero-order valence-corrected chi connectivity index (χ0v) is 14.2. The molecule has 0 aliphatic heterocycles. The summed E-state index contributed by atoms with van der Waals surface area (Å²) < 4.78 is 80.2. The zero-order valence-electron chi connectivity index (χ0n) is 13.2. The smallest absolute Gasteiger partial charge is 0.258 e. The highest BCUT2D eigenvalue weighted by atomic mass is 31.1. The van der Waals surface area contributed by atoms with E-state index in [9.17, 15) is 26.3 Å². The van der Waals surface area contributed by atoms with Gasteiger partial charge in [0.05, 0.1) is 5.82 Å². The largest absolute Gasteiger partial charge is 0.468 e. The van der Waals surface area contributed by atoms with Gasteiger partial charge in [0.1, 0.15) is 8.73 Å². The molecule has 1 unspecified atom stereocenters. The van der Waals surface area contributed by atoms with Crippen LogP contribution in [0.25, 0.3) is 0 Å². The van der Waals surface area contributed by atoms with Crippen molar-refractivity contribution >= 4 is 8.73 Å². The Hall–Kier alpha value is -0.900. The Morgan fingerprint density at radius 1 is 0.913 bits per heavy atom. The summed E-state index contributed by atoms with van der Waals surface area (Å²) in [5.74, 6) is 2.39. The summed E-state index contributed by atoms with van der Waals surface area (Å²) in [6, 6.07) is -0.0247. The molecule has 130 valence electrons. The molecule has 0 aromatic heterocycles. The molecule has 0 radical (unpaired) electrons. The van der Waals surface area contributed by atoms with E-state index < -0.39 is 44.2 Å². The fourth-order valence-corrected chi connectivity index (χ4v) is 3.30. The highest BCUT2D eigenvalue weighted by Gasteiger charge is 2.53. The van der Waals surface area contributed by atoms with Crippen molar-refractivity contribution in [1.82, 2.24) is 4.67 Å². The Morgan fingerprint density at radius 2 is 1.30 bits per heavy atom. The Kier molecular flexibility index (Phi) is 6.42. The minimum atomic E-state index is -4.84. The molecular weight excluding hydrogens is 339 g/mol. The average molecular weight is 358 g/mol. The fourth-order valence-electron chi connectivity index (χ4n) is 2.27. The Balaban J connectivity index is 3.25. The van der Waals surface area contributed by atoms with E-state index in [1.165, 1.54) is 0 Å². The SMILES string of the molecule is CC(C)N(P[C+]=C1C(C(F)(F)F)=CCC=C1C(F)(F)F)C(C)C. The first-order chi connectivity index (χ1) is 10.4. The molecule has 0 saturated carbocycles. The van der Waals surface area contributed by atoms with Crippen LogP contribution in [0.5, 0.6) is 0 Å². The monoisotopic (exact) mass is 358 g/mol. The molecule has 0 saturated heterocycles. The molecular formula is C15H19F6NP+. The molecule has 0 spiro atoms. The summed E-state index contributed by atoms with van der Waals surface area (Å²) in [6.07, 6.45) is -8.51. The first-order valence-corrected chi connectivity index (χ1v) is 8.02. The van der Waals surface area contributed by atoms with E-state index >= 15 is 0 Å². The quantitative estimate of drug-likeness (QED) is 0.350. The lowest BCUT2D eigenvalue weighted by molar-refractivity contribution is -0.0981. The Labute approximate surface area is 133 Å². The van der Waals surface area contributed by atoms with Crippen LogP contribution in [0.4, 0.5) is 26.3 Å². The lowest BCUT2D eigenvalue weighted by Gasteiger charge is -2.26. The van der Waals surface area contributed by atoms with Gasteiger partial charge in [-0.1, -0.05) is 0 Å². The topological polar surface area (TPSA) is 3.24 Å². The highest BCUT2D eigenvalue weighted by molar-refractivity contribution is 7.37. The summed E-state index contributed by atoms with van der Waals surface area (Å²) in [6.45, 7) is 7.34. The predicted octanol–water partition coefficient (Wildman–Crippen LogP) is 5.77. The Morgan fingerprint density at radius 3 is 1.61 bits per heavy atom. The normalized spacial score (nSPS) is 17.3. The van der Waals surface area contributed by atoms with E-state index in [1.807, 2.05) is 27.7 Å². The van der Waals surface area contributed by atoms with E-state index in [-0.39, 0.29) is 12.1 Å². The number of hydrogen-bond donors (Lipinski definition) is 0. The summed E-state index contributed by atoms with van der Waals surface area (Å²) in [5.41, 5.74) is -3.40. The van der Waals surface area contributed by atoms with Gasteiger partial charge in [-0.2, -0.15) is 26.3 Å². The zero-order chi connectivity index (χ0) is 18.0. The molecule has 1 atom stereocenters.